The third kappa shape index (κ3) is 2.08. The van der Waals surface area contributed by atoms with Gasteiger partial charge in [0.05, 0.1) is 0 Å². The molecule has 13 heavy (non-hydrogen) atoms. The van der Waals surface area contributed by atoms with Crippen LogP contribution in [0.4, 0.5) is 4.39 Å². The molecule has 0 bridgehead atoms. The van der Waals surface area contributed by atoms with Crippen molar-refractivity contribution < 1.29 is 19.1 Å². The molecule has 68 valence electrons. The number of aliphatic carboxylic acids is 1. The van der Waals surface area contributed by atoms with E-state index in [2.05, 4.69) is 4.98 Å². The SMILES string of the molecule is O=C(O)C(F)C(=O)c1cccnc1. The van der Waals surface area contributed by atoms with Crippen LogP contribution in [0.25, 0.3) is 0 Å². The molecule has 0 amide bonds. The first-order valence-corrected chi connectivity index (χ1v) is 3.44. The Morgan fingerprint density at radius 2 is 2.23 bits per heavy atom. The lowest BCUT2D eigenvalue weighted by molar-refractivity contribution is -0.140. The topological polar surface area (TPSA) is 67.3 Å². The van der Waals surface area contributed by atoms with Crippen molar-refractivity contribution in [2.24, 2.45) is 0 Å². The lowest BCUT2D eigenvalue weighted by atomic mass is 10.1. The maximum atomic E-state index is 12.6. The number of nitrogens with zero attached hydrogens (tertiary/aromatic N) is 1. The fourth-order valence-electron chi connectivity index (χ4n) is 0.767. The number of rotatable bonds is 3. The number of hydrogen-bond acceptors (Lipinski definition) is 3. The smallest absolute Gasteiger partial charge is 0.346 e. The molecule has 0 radical (unpaired) electrons. The number of carboxylic acid groups (broad SMARTS) is 1. The van der Waals surface area contributed by atoms with E-state index in [-0.39, 0.29) is 5.56 Å². The van der Waals surface area contributed by atoms with Gasteiger partial charge in [-0.2, -0.15) is 0 Å². The molecule has 5 heteroatoms. The van der Waals surface area contributed by atoms with Gasteiger partial charge in [0.2, 0.25) is 5.78 Å². The van der Waals surface area contributed by atoms with Gasteiger partial charge in [-0.3, -0.25) is 9.78 Å². The van der Waals surface area contributed by atoms with Gasteiger partial charge < -0.3 is 5.11 Å². The van der Waals surface area contributed by atoms with Gasteiger partial charge in [-0.15, -0.1) is 0 Å². The molecule has 0 spiro atoms. The molecule has 1 aromatic heterocycles. The van der Waals surface area contributed by atoms with E-state index in [1.165, 1.54) is 18.3 Å². The van der Waals surface area contributed by atoms with Crippen LogP contribution in [0.5, 0.6) is 0 Å². The Hall–Kier alpha value is -1.78. The molecular formula is C8H6FNO3. The molecular weight excluding hydrogens is 177 g/mol. The van der Waals surface area contributed by atoms with E-state index >= 15 is 0 Å². The van der Waals surface area contributed by atoms with Crippen molar-refractivity contribution in [3.63, 3.8) is 0 Å². The van der Waals surface area contributed by atoms with E-state index in [9.17, 15) is 14.0 Å². The minimum Gasteiger partial charge on any atom is -0.479 e. The number of halogens is 1. The van der Waals surface area contributed by atoms with Crippen molar-refractivity contribution in [3.8, 4) is 0 Å². The summed E-state index contributed by atoms with van der Waals surface area (Å²) in [7, 11) is 0. The largest absolute Gasteiger partial charge is 0.479 e. The Morgan fingerprint density at radius 3 is 2.69 bits per heavy atom. The van der Waals surface area contributed by atoms with Gasteiger partial charge in [0.1, 0.15) is 0 Å². The molecule has 0 aliphatic carbocycles. The minimum absolute atomic E-state index is 0.0441. The summed E-state index contributed by atoms with van der Waals surface area (Å²) in [5.41, 5.74) is -0.0441. The van der Waals surface area contributed by atoms with Gasteiger partial charge in [0, 0.05) is 18.0 Å². The summed E-state index contributed by atoms with van der Waals surface area (Å²) in [6.45, 7) is 0. The first kappa shape index (κ1) is 9.31. The molecule has 1 rings (SSSR count). The normalized spacial score (nSPS) is 12.1. The highest BCUT2D eigenvalue weighted by Gasteiger charge is 2.26. The summed E-state index contributed by atoms with van der Waals surface area (Å²) >= 11 is 0. The van der Waals surface area contributed by atoms with Gasteiger partial charge in [-0.25, -0.2) is 9.18 Å². The van der Waals surface area contributed by atoms with Crippen LogP contribution in [0, 0.1) is 0 Å². The van der Waals surface area contributed by atoms with E-state index in [1.54, 1.807) is 0 Å². The van der Waals surface area contributed by atoms with Crippen LogP contribution >= 0.6 is 0 Å². The quantitative estimate of drug-likeness (QED) is 0.552. The molecule has 1 heterocycles. The predicted octanol–water partition coefficient (Wildman–Crippen LogP) is 0.687. The molecule has 1 N–H and O–H groups in total. The molecule has 4 nitrogen and oxygen atoms in total. The van der Waals surface area contributed by atoms with E-state index in [0.717, 1.165) is 6.20 Å². The molecule has 1 unspecified atom stereocenters. The molecule has 1 atom stereocenters. The fourth-order valence-corrected chi connectivity index (χ4v) is 0.767. The zero-order valence-corrected chi connectivity index (χ0v) is 6.48. The molecule has 0 aliphatic heterocycles. The first-order chi connectivity index (χ1) is 6.13. The van der Waals surface area contributed by atoms with Crippen LogP contribution in [-0.4, -0.2) is 28.0 Å². The van der Waals surface area contributed by atoms with Gasteiger partial charge in [0.25, 0.3) is 6.17 Å². The summed E-state index contributed by atoms with van der Waals surface area (Å²) in [4.78, 5) is 24.7. The molecule has 0 aliphatic rings. The van der Waals surface area contributed by atoms with Crippen molar-refractivity contribution in [2.45, 2.75) is 6.17 Å². The first-order valence-electron chi connectivity index (χ1n) is 3.44. The van der Waals surface area contributed by atoms with E-state index in [1.807, 2.05) is 0 Å². The maximum Gasteiger partial charge on any atom is 0.346 e. The number of ketones is 1. The average molecular weight is 183 g/mol. The third-order valence-corrected chi connectivity index (χ3v) is 1.39. The Bertz CT molecular complexity index is 325. The average Bonchev–Trinajstić information content (AvgIpc) is 2.17. The van der Waals surface area contributed by atoms with E-state index in [0.29, 0.717) is 0 Å². The summed E-state index contributed by atoms with van der Waals surface area (Å²) in [5, 5.41) is 8.20. The standard InChI is InChI=1S/C8H6FNO3/c9-6(8(12)13)7(11)5-2-1-3-10-4-5/h1-4,6H,(H,12,13). The number of aromatic nitrogens is 1. The van der Waals surface area contributed by atoms with E-state index < -0.39 is 17.9 Å². The summed E-state index contributed by atoms with van der Waals surface area (Å²) < 4.78 is 12.6. The van der Waals surface area contributed by atoms with Gasteiger partial charge in [-0.1, -0.05) is 0 Å². The van der Waals surface area contributed by atoms with Crippen LogP contribution in [0.1, 0.15) is 10.4 Å². The Kier molecular flexibility index (Phi) is 2.69. The van der Waals surface area contributed by atoms with Crippen molar-refractivity contribution in [2.75, 3.05) is 0 Å². The second-order valence-electron chi connectivity index (χ2n) is 2.31. The number of Topliss-reactive ketones (excluding diaryl/α,β-unsaturated/α-hetero) is 1. The number of carbonyl (C=O) groups is 2. The van der Waals surface area contributed by atoms with E-state index in [4.69, 9.17) is 5.11 Å². The van der Waals surface area contributed by atoms with Gasteiger partial charge in [0.15, 0.2) is 0 Å². The molecule has 0 fully saturated rings. The number of hydrogen-bond donors (Lipinski definition) is 1. The lowest BCUT2D eigenvalue weighted by Crippen LogP contribution is -2.25. The van der Waals surface area contributed by atoms with Crippen LogP contribution in [-0.2, 0) is 4.79 Å². The number of pyridine rings is 1. The number of carbonyl (C=O) groups excluding carboxylic acids is 1. The van der Waals surface area contributed by atoms with Crippen molar-refractivity contribution >= 4 is 11.8 Å². The molecule has 0 aromatic carbocycles. The monoisotopic (exact) mass is 183 g/mol. The zero-order chi connectivity index (χ0) is 9.84. The third-order valence-electron chi connectivity index (χ3n) is 1.39. The highest BCUT2D eigenvalue weighted by molar-refractivity contribution is 6.10. The highest BCUT2D eigenvalue weighted by Crippen LogP contribution is 2.04. The number of carboxylic acids is 1. The Balaban J connectivity index is 2.86. The number of alkyl halides is 1. The Labute approximate surface area is 73.0 Å². The van der Waals surface area contributed by atoms with Gasteiger partial charge in [-0.05, 0) is 12.1 Å². The van der Waals surface area contributed by atoms with Crippen LogP contribution in [0.3, 0.4) is 0 Å². The predicted molar refractivity (Wildman–Crippen MR) is 41.1 cm³/mol. The van der Waals surface area contributed by atoms with Crippen LogP contribution < -0.4 is 0 Å². The molecule has 1 aromatic rings. The zero-order valence-electron chi connectivity index (χ0n) is 6.48. The second-order valence-corrected chi connectivity index (χ2v) is 2.31. The van der Waals surface area contributed by atoms with Gasteiger partial charge >= 0.3 is 5.97 Å². The molecule has 0 saturated carbocycles. The highest BCUT2D eigenvalue weighted by atomic mass is 19.1. The molecule has 0 saturated heterocycles. The summed E-state index contributed by atoms with van der Waals surface area (Å²) in [5.74, 6) is -2.87. The van der Waals surface area contributed by atoms with Crippen molar-refractivity contribution in [1.29, 1.82) is 0 Å². The summed E-state index contributed by atoms with van der Waals surface area (Å²) in [6, 6.07) is 2.74. The second kappa shape index (κ2) is 3.75. The van der Waals surface area contributed by atoms with Crippen molar-refractivity contribution in [3.05, 3.63) is 30.1 Å². The lowest BCUT2D eigenvalue weighted by Gasteiger charge is -2.00. The summed E-state index contributed by atoms with van der Waals surface area (Å²) in [6.07, 6.45) is 0.0204. The fraction of sp³-hybridized carbons (Fsp3) is 0.125. The van der Waals surface area contributed by atoms with Crippen molar-refractivity contribution in [1.82, 2.24) is 4.98 Å². The van der Waals surface area contributed by atoms with Crippen LogP contribution in [0.2, 0.25) is 0 Å². The maximum absolute atomic E-state index is 12.6. The Morgan fingerprint density at radius 1 is 1.54 bits per heavy atom. The van der Waals surface area contributed by atoms with Crippen LogP contribution in [0.15, 0.2) is 24.5 Å². The minimum atomic E-state index is -2.51.